The van der Waals surface area contributed by atoms with Gasteiger partial charge < -0.3 is 29.5 Å². The molecule has 10 nitrogen and oxygen atoms in total. The van der Waals surface area contributed by atoms with Crippen molar-refractivity contribution in [1.29, 1.82) is 0 Å². The van der Waals surface area contributed by atoms with E-state index in [1.54, 1.807) is 19.1 Å². The topological polar surface area (TPSA) is 130 Å². The molecule has 0 saturated carbocycles. The molecule has 2 aromatic rings. The Labute approximate surface area is 319 Å². The third kappa shape index (κ3) is 9.84. The Hall–Kier alpha value is -3.67. The van der Waals surface area contributed by atoms with E-state index in [1.165, 1.54) is 9.80 Å². The number of hydrogen-bond donors (Lipinski definition) is 2. The summed E-state index contributed by atoms with van der Waals surface area (Å²) >= 11 is 0.529. The van der Waals surface area contributed by atoms with Crippen LogP contribution in [0.5, 0.6) is 0 Å². The van der Waals surface area contributed by atoms with Crippen LogP contribution in [0.3, 0.4) is 0 Å². The predicted octanol–water partition coefficient (Wildman–Crippen LogP) is 6.76. The second kappa shape index (κ2) is 17.6. The van der Waals surface area contributed by atoms with Gasteiger partial charge >= 0.3 is 18.3 Å². The van der Waals surface area contributed by atoms with Crippen molar-refractivity contribution in [2.75, 3.05) is 38.6 Å². The molecule has 3 atom stereocenters. The van der Waals surface area contributed by atoms with Crippen molar-refractivity contribution in [3.05, 3.63) is 76.0 Å². The lowest BCUT2D eigenvalue weighted by atomic mass is 9.78. The number of piperidine rings is 2. The van der Waals surface area contributed by atoms with Gasteiger partial charge in [-0.05, 0) is 74.3 Å². The number of halogens is 6. The van der Waals surface area contributed by atoms with Gasteiger partial charge in [0.1, 0.15) is 5.69 Å². The van der Waals surface area contributed by atoms with Gasteiger partial charge in [0, 0.05) is 44.6 Å². The van der Waals surface area contributed by atoms with E-state index in [2.05, 4.69) is 4.98 Å². The third-order valence-corrected chi connectivity index (χ3v) is 11.5. The zero-order valence-corrected chi connectivity index (χ0v) is 31.1. The lowest BCUT2D eigenvalue weighted by molar-refractivity contribution is -0.184. The van der Waals surface area contributed by atoms with E-state index in [4.69, 9.17) is 14.6 Å². The van der Waals surface area contributed by atoms with Crippen LogP contribution < -0.4 is 0 Å². The molecule has 2 amide bonds. The number of amides is 2. The fraction of sp³-hybridized carbons (Fsp3) is 0.579. The van der Waals surface area contributed by atoms with E-state index >= 15 is 0 Å². The highest BCUT2D eigenvalue weighted by Gasteiger charge is 2.57. The number of benzene rings is 1. The molecule has 2 fully saturated rings. The lowest BCUT2D eigenvalue weighted by Gasteiger charge is -2.52. The molecule has 1 aromatic carbocycles. The Bertz CT molecular complexity index is 1720. The molecule has 1 unspecified atom stereocenters. The number of likely N-dealkylation sites (tertiary alicyclic amines) is 2. The number of aromatic nitrogens is 1. The van der Waals surface area contributed by atoms with Crippen molar-refractivity contribution in [2.45, 2.75) is 100 Å². The SMILES string of the molecule is CCC[C@H]1N(C(=O)c2ncccc2C(F)(F)F)CCC[C@@]1(OC1C=C(C(F)(F)F)SC1)C(=O)N1CCC(O)(c2ccccc2CCOCCCC(=O)O)CC1. The summed E-state index contributed by atoms with van der Waals surface area (Å²) in [6, 6.07) is 7.91. The second-order valence-corrected chi connectivity index (χ2v) is 15.1. The number of pyridine rings is 1. The molecule has 0 bridgehead atoms. The van der Waals surface area contributed by atoms with Crippen molar-refractivity contribution in [2.24, 2.45) is 0 Å². The summed E-state index contributed by atoms with van der Waals surface area (Å²) in [6.45, 7) is 2.33. The summed E-state index contributed by atoms with van der Waals surface area (Å²) in [6.07, 6.45) is -7.21. The van der Waals surface area contributed by atoms with Crippen molar-refractivity contribution in [3.8, 4) is 0 Å². The average Bonchev–Trinajstić information content (AvgIpc) is 3.62. The number of allylic oxidation sites excluding steroid dienone is 1. The molecule has 2 N–H and O–H groups in total. The molecule has 55 heavy (non-hydrogen) atoms. The average molecular weight is 802 g/mol. The van der Waals surface area contributed by atoms with Gasteiger partial charge in [0.2, 0.25) is 0 Å². The molecule has 4 heterocycles. The van der Waals surface area contributed by atoms with E-state index in [0.29, 0.717) is 36.6 Å². The first kappa shape index (κ1) is 42.5. The maximum Gasteiger partial charge on any atom is 0.422 e. The molecule has 2 saturated heterocycles. The number of aliphatic carboxylic acids is 1. The number of carbonyl (C=O) groups is 3. The summed E-state index contributed by atoms with van der Waals surface area (Å²) in [5, 5.41) is 20.8. The molecule has 302 valence electrons. The van der Waals surface area contributed by atoms with Crippen LogP contribution in [-0.2, 0) is 37.3 Å². The summed E-state index contributed by atoms with van der Waals surface area (Å²) in [5.74, 6) is -2.74. The minimum atomic E-state index is -4.91. The molecule has 1 aromatic heterocycles. The number of aliphatic hydroxyl groups is 1. The van der Waals surface area contributed by atoms with E-state index in [9.17, 15) is 45.8 Å². The summed E-state index contributed by atoms with van der Waals surface area (Å²) in [7, 11) is 0. The maximum absolute atomic E-state index is 14.9. The highest BCUT2D eigenvalue weighted by Crippen LogP contribution is 2.45. The summed E-state index contributed by atoms with van der Waals surface area (Å²) in [4.78, 5) is 45.3. The fourth-order valence-electron chi connectivity index (χ4n) is 7.74. The molecular formula is C38H45F6N3O7S. The van der Waals surface area contributed by atoms with Gasteiger partial charge in [-0.1, -0.05) is 37.6 Å². The lowest BCUT2D eigenvalue weighted by Crippen LogP contribution is -2.68. The molecule has 3 aliphatic rings. The van der Waals surface area contributed by atoms with Crippen molar-refractivity contribution < 1.29 is 60.4 Å². The molecule has 0 aliphatic carbocycles. The first-order valence-electron chi connectivity index (χ1n) is 18.3. The van der Waals surface area contributed by atoms with Gasteiger partial charge in [0.05, 0.1) is 34.8 Å². The largest absolute Gasteiger partial charge is 0.481 e. The van der Waals surface area contributed by atoms with Crippen LogP contribution in [0.4, 0.5) is 26.3 Å². The van der Waals surface area contributed by atoms with Crippen molar-refractivity contribution in [1.82, 2.24) is 14.8 Å². The van der Waals surface area contributed by atoms with Crippen molar-refractivity contribution >= 4 is 29.5 Å². The van der Waals surface area contributed by atoms with Crippen LogP contribution in [-0.4, -0.2) is 105 Å². The minimum absolute atomic E-state index is 0.00104. The maximum atomic E-state index is 14.9. The zero-order valence-electron chi connectivity index (χ0n) is 30.3. The van der Waals surface area contributed by atoms with Gasteiger partial charge in [-0.2, -0.15) is 26.3 Å². The number of thioether (sulfide) groups is 1. The normalized spacial score (nSPS) is 23.1. The summed E-state index contributed by atoms with van der Waals surface area (Å²) in [5.41, 5.74) is -3.91. The molecule has 17 heteroatoms. The van der Waals surface area contributed by atoms with Crippen molar-refractivity contribution in [3.63, 3.8) is 0 Å². The number of alkyl halides is 6. The third-order valence-electron chi connectivity index (χ3n) is 10.3. The van der Waals surface area contributed by atoms with Gasteiger partial charge in [-0.3, -0.25) is 19.4 Å². The minimum Gasteiger partial charge on any atom is -0.481 e. The highest BCUT2D eigenvalue weighted by atomic mass is 32.2. The van der Waals surface area contributed by atoms with E-state index < -0.39 is 69.6 Å². The monoisotopic (exact) mass is 801 g/mol. The van der Waals surface area contributed by atoms with Crippen LogP contribution in [0.2, 0.25) is 0 Å². The van der Waals surface area contributed by atoms with Crippen LogP contribution in [0.15, 0.2) is 53.6 Å². The Kier molecular flexibility index (Phi) is 13.6. The number of rotatable bonds is 14. The number of carbonyl (C=O) groups excluding carboxylic acids is 2. The molecule has 5 rings (SSSR count). The molecule has 3 aliphatic heterocycles. The van der Waals surface area contributed by atoms with Gasteiger partial charge in [0.15, 0.2) is 5.60 Å². The number of hydrogen-bond acceptors (Lipinski definition) is 8. The Morgan fingerprint density at radius 2 is 1.71 bits per heavy atom. The van der Waals surface area contributed by atoms with Gasteiger partial charge in [0.25, 0.3) is 11.8 Å². The van der Waals surface area contributed by atoms with E-state index in [1.807, 2.05) is 12.1 Å². The van der Waals surface area contributed by atoms with Crippen LogP contribution in [0.25, 0.3) is 0 Å². The fourth-order valence-corrected chi connectivity index (χ4v) is 8.66. The number of carboxylic acid groups (broad SMARTS) is 1. The van der Waals surface area contributed by atoms with E-state index in [0.717, 1.165) is 30.0 Å². The molecular weight excluding hydrogens is 756 g/mol. The first-order valence-corrected chi connectivity index (χ1v) is 19.3. The number of carboxylic acids is 1. The Balaban J connectivity index is 1.42. The smallest absolute Gasteiger partial charge is 0.422 e. The zero-order chi connectivity index (χ0) is 40.0. The first-order chi connectivity index (χ1) is 26.0. The quantitative estimate of drug-likeness (QED) is 0.157. The van der Waals surface area contributed by atoms with Crippen LogP contribution in [0.1, 0.15) is 85.5 Å². The number of nitrogens with zero attached hydrogens (tertiary/aromatic N) is 3. The second-order valence-electron chi connectivity index (χ2n) is 14.0. The van der Waals surface area contributed by atoms with E-state index in [-0.39, 0.29) is 77.1 Å². The highest BCUT2D eigenvalue weighted by molar-refractivity contribution is 8.03. The van der Waals surface area contributed by atoms with Crippen LogP contribution >= 0.6 is 11.8 Å². The van der Waals surface area contributed by atoms with Crippen LogP contribution in [0, 0.1) is 0 Å². The molecule has 0 radical (unpaired) electrons. The Morgan fingerprint density at radius 3 is 2.36 bits per heavy atom. The standard InChI is InChI=1S/C38H45F6N3O7S/c1-2-8-29-36(54-26-23-30(55-24-26)38(42,43)44,14-7-18-47(29)33(50)32-28(37(39,40)41)11-5-17-45-32)34(51)46-19-15-35(52,16-20-46)27-10-4-3-9-25(27)13-22-53-21-6-12-31(48)49/h3-5,9-11,17,23,26,29,52H,2,6-8,12-16,18-22,24H2,1H3,(H,48,49)/t26?,29-,36+/m1/s1. The predicted molar refractivity (Wildman–Crippen MR) is 190 cm³/mol. The van der Waals surface area contributed by atoms with Gasteiger partial charge in [-0.25, -0.2) is 0 Å². The molecule has 0 spiro atoms. The number of ether oxygens (including phenoxy) is 2. The summed E-state index contributed by atoms with van der Waals surface area (Å²) < 4.78 is 95.3. The Morgan fingerprint density at radius 1 is 0.982 bits per heavy atom. The van der Waals surface area contributed by atoms with Gasteiger partial charge in [-0.15, -0.1) is 11.8 Å².